The predicted octanol–water partition coefficient (Wildman–Crippen LogP) is 3.04. The number of carbonyl (C=O) groups excluding carboxylic acids is 1. The van der Waals surface area contributed by atoms with Gasteiger partial charge in [0, 0.05) is 23.0 Å². The Morgan fingerprint density at radius 2 is 2.29 bits per heavy atom. The first-order chi connectivity index (χ1) is 6.74. The molecule has 0 amide bonds. The maximum absolute atomic E-state index is 12.8. The minimum atomic E-state index is -0.209. The number of benzene rings is 1. The zero-order valence-electron chi connectivity index (χ0n) is 7.70. The highest BCUT2D eigenvalue weighted by atomic mass is 32.2. The van der Waals surface area contributed by atoms with Crippen LogP contribution in [0, 0.1) is 5.82 Å². The molecule has 0 saturated heterocycles. The summed E-state index contributed by atoms with van der Waals surface area (Å²) in [7, 11) is 0. The van der Waals surface area contributed by atoms with E-state index in [0.717, 1.165) is 11.3 Å². The quantitative estimate of drug-likeness (QED) is 0.746. The molecule has 0 spiro atoms. The highest BCUT2D eigenvalue weighted by Crippen LogP contribution is 2.33. The summed E-state index contributed by atoms with van der Waals surface area (Å²) in [6.07, 6.45) is 2.26. The van der Waals surface area contributed by atoms with Gasteiger partial charge in [-0.1, -0.05) is 6.07 Å². The van der Waals surface area contributed by atoms with Crippen molar-refractivity contribution >= 4 is 17.5 Å². The molecule has 1 atom stereocenters. The number of Topliss-reactive ketones (excluding diaryl/α,β-unsaturated/α-hetero) is 1. The molecule has 2 rings (SSSR count). The van der Waals surface area contributed by atoms with Gasteiger partial charge in [0.15, 0.2) is 0 Å². The van der Waals surface area contributed by atoms with Crippen LogP contribution in [0.4, 0.5) is 4.39 Å². The van der Waals surface area contributed by atoms with E-state index in [9.17, 15) is 9.18 Å². The molecule has 0 radical (unpaired) electrons. The van der Waals surface area contributed by atoms with Crippen molar-refractivity contribution in [2.75, 3.05) is 0 Å². The first-order valence-corrected chi connectivity index (χ1v) is 5.56. The highest BCUT2D eigenvalue weighted by Gasteiger charge is 2.22. The SMILES string of the molecule is O=C1CCC(Sc2cccc(F)c2)C1. The number of hydrogen-bond acceptors (Lipinski definition) is 2. The van der Waals surface area contributed by atoms with Gasteiger partial charge in [-0.05, 0) is 24.6 Å². The van der Waals surface area contributed by atoms with Gasteiger partial charge in [0.25, 0.3) is 0 Å². The van der Waals surface area contributed by atoms with Crippen molar-refractivity contribution in [3.63, 3.8) is 0 Å². The van der Waals surface area contributed by atoms with Crippen molar-refractivity contribution in [3.8, 4) is 0 Å². The Hall–Kier alpha value is -0.830. The molecule has 1 fully saturated rings. The molecule has 1 aromatic carbocycles. The molecular weight excluding hydrogens is 199 g/mol. The van der Waals surface area contributed by atoms with E-state index in [0.29, 0.717) is 23.9 Å². The van der Waals surface area contributed by atoms with Crippen LogP contribution in [0.25, 0.3) is 0 Å². The molecule has 0 aliphatic heterocycles. The van der Waals surface area contributed by atoms with Crippen LogP contribution < -0.4 is 0 Å². The van der Waals surface area contributed by atoms with Gasteiger partial charge < -0.3 is 0 Å². The van der Waals surface area contributed by atoms with Crippen LogP contribution in [0.1, 0.15) is 19.3 Å². The molecule has 0 bridgehead atoms. The molecule has 1 aromatic rings. The molecule has 1 aliphatic carbocycles. The molecule has 3 heteroatoms. The van der Waals surface area contributed by atoms with Crippen LogP contribution in [-0.2, 0) is 4.79 Å². The second kappa shape index (κ2) is 4.13. The second-order valence-electron chi connectivity index (χ2n) is 3.48. The fraction of sp³-hybridized carbons (Fsp3) is 0.364. The molecular formula is C11H11FOS. The van der Waals surface area contributed by atoms with Crippen LogP contribution in [-0.4, -0.2) is 11.0 Å². The van der Waals surface area contributed by atoms with E-state index in [2.05, 4.69) is 0 Å². The van der Waals surface area contributed by atoms with Crippen LogP contribution in [0.2, 0.25) is 0 Å². The first kappa shape index (κ1) is 9.71. The topological polar surface area (TPSA) is 17.1 Å². The lowest BCUT2D eigenvalue weighted by atomic mass is 10.3. The van der Waals surface area contributed by atoms with Gasteiger partial charge in [0.05, 0.1) is 0 Å². The Kier molecular flexibility index (Phi) is 2.87. The molecule has 0 aromatic heterocycles. The third-order valence-electron chi connectivity index (χ3n) is 2.30. The van der Waals surface area contributed by atoms with Gasteiger partial charge in [0.2, 0.25) is 0 Å². The van der Waals surface area contributed by atoms with Crippen molar-refractivity contribution in [3.05, 3.63) is 30.1 Å². The number of rotatable bonds is 2. The maximum Gasteiger partial charge on any atom is 0.134 e. The summed E-state index contributed by atoms with van der Waals surface area (Å²) in [5.41, 5.74) is 0. The van der Waals surface area contributed by atoms with Gasteiger partial charge in [-0.3, -0.25) is 4.79 Å². The van der Waals surface area contributed by atoms with Crippen molar-refractivity contribution in [1.82, 2.24) is 0 Å². The summed E-state index contributed by atoms with van der Waals surface area (Å²) in [5.74, 6) is 0.123. The van der Waals surface area contributed by atoms with Gasteiger partial charge >= 0.3 is 0 Å². The van der Waals surface area contributed by atoms with E-state index in [-0.39, 0.29) is 5.82 Å². The number of thioether (sulfide) groups is 1. The number of carbonyl (C=O) groups is 1. The van der Waals surface area contributed by atoms with Gasteiger partial charge in [-0.2, -0.15) is 0 Å². The predicted molar refractivity (Wildman–Crippen MR) is 54.9 cm³/mol. The largest absolute Gasteiger partial charge is 0.300 e. The molecule has 14 heavy (non-hydrogen) atoms. The Bertz CT molecular complexity index is 351. The zero-order chi connectivity index (χ0) is 9.97. The number of halogens is 1. The summed E-state index contributed by atoms with van der Waals surface area (Å²) in [4.78, 5) is 11.9. The molecule has 1 nitrogen and oxygen atoms in total. The van der Waals surface area contributed by atoms with Gasteiger partial charge in [-0.15, -0.1) is 11.8 Å². The van der Waals surface area contributed by atoms with E-state index in [1.807, 2.05) is 6.07 Å². The molecule has 1 unspecified atom stereocenters. The van der Waals surface area contributed by atoms with Crippen LogP contribution >= 0.6 is 11.8 Å². The summed E-state index contributed by atoms with van der Waals surface area (Å²) >= 11 is 1.61. The Morgan fingerprint density at radius 3 is 2.93 bits per heavy atom. The third kappa shape index (κ3) is 2.35. The van der Waals surface area contributed by atoms with Crippen molar-refractivity contribution in [2.45, 2.75) is 29.4 Å². The smallest absolute Gasteiger partial charge is 0.134 e. The Morgan fingerprint density at radius 1 is 1.43 bits per heavy atom. The molecule has 0 N–H and O–H groups in total. The van der Waals surface area contributed by atoms with Crippen LogP contribution in [0.3, 0.4) is 0 Å². The van der Waals surface area contributed by atoms with E-state index in [4.69, 9.17) is 0 Å². The van der Waals surface area contributed by atoms with E-state index in [1.165, 1.54) is 12.1 Å². The van der Waals surface area contributed by atoms with Crippen molar-refractivity contribution < 1.29 is 9.18 Å². The van der Waals surface area contributed by atoms with E-state index >= 15 is 0 Å². The summed E-state index contributed by atoms with van der Waals surface area (Å²) in [6, 6.07) is 6.54. The fourth-order valence-electron chi connectivity index (χ4n) is 1.61. The zero-order valence-corrected chi connectivity index (χ0v) is 8.52. The van der Waals surface area contributed by atoms with E-state index < -0.39 is 0 Å². The summed E-state index contributed by atoms with van der Waals surface area (Å²) < 4.78 is 12.8. The monoisotopic (exact) mass is 210 g/mol. The van der Waals surface area contributed by atoms with Crippen LogP contribution in [0.5, 0.6) is 0 Å². The molecule has 1 aliphatic rings. The van der Waals surface area contributed by atoms with Gasteiger partial charge in [-0.25, -0.2) is 4.39 Å². The van der Waals surface area contributed by atoms with E-state index in [1.54, 1.807) is 17.8 Å². The Balaban J connectivity index is 2.00. The third-order valence-corrected chi connectivity index (χ3v) is 3.56. The lowest BCUT2D eigenvalue weighted by molar-refractivity contribution is -0.117. The normalized spacial score (nSPS) is 21.5. The number of hydrogen-bond donors (Lipinski definition) is 0. The van der Waals surface area contributed by atoms with Crippen LogP contribution in [0.15, 0.2) is 29.2 Å². The number of ketones is 1. The lowest BCUT2D eigenvalue weighted by Gasteiger charge is -2.06. The van der Waals surface area contributed by atoms with Gasteiger partial charge in [0.1, 0.15) is 11.6 Å². The summed E-state index contributed by atoms with van der Waals surface area (Å²) in [5, 5.41) is 0.351. The minimum Gasteiger partial charge on any atom is -0.300 e. The molecule has 74 valence electrons. The molecule has 0 heterocycles. The van der Waals surface area contributed by atoms with Crippen molar-refractivity contribution in [1.29, 1.82) is 0 Å². The second-order valence-corrected chi connectivity index (χ2v) is 4.85. The average Bonchev–Trinajstić information content (AvgIpc) is 2.51. The summed E-state index contributed by atoms with van der Waals surface area (Å²) in [6.45, 7) is 0. The average molecular weight is 210 g/mol. The first-order valence-electron chi connectivity index (χ1n) is 4.68. The minimum absolute atomic E-state index is 0.209. The maximum atomic E-state index is 12.8. The fourth-order valence-corrected chi connectivity index (χ4v) is 2.84. The highest BCUT2D eigenvalue weighted by molar-refractivity contribution is 8.00. The standard InChI is InChI=1S/C11H11FOS/c12-8-2-1-3-10(6-8)14-11-5-4-9(13)7-11/h1-3,6,11H,4-5,7H2. The van der Waals surface area contributed by atoms with Crippen molar-refractivity contribution in [2.24, 2.45) is 0 Å². The Labute approximate surface area is 86.7 Å². The lowest BCUT2D eigenvalue weighted by Crippen LogP contribution is -1.95. The molecule has 1 saturated carbocycles.